The molecular formula is C18H26ClN3O. The molecule has 3 rings (SSSR count). The summed E-state index contributed by atoms with van der Waals surface area (Å²) < 4.78 is 0. The maximum atomic E-state index is 11.7. The molecule has 1 aliphatic heterocycles. The number of nitrogens with one attached hydrogen (secondary N) is 1. The molecule has 0 unspecified atom stereocenters. The van der Waals surface area contributed by atoms with Crippen LogP contribution >= 0.6 is 11.6 Å². The first-order chi connectivity index (χ1) is 11.0. The second kappa shape index (κ2) is 6.70. The summed E-state index contributed by atoms with van der Waals surface area (Å²) in [6.07, 6.45) is 4.75. The zero-order chi connectivity index (χ0) is 16.4. The van der Waals surface area contributed by atoms with Gasteiger partial charge in [-0.2, -0.15) is 0 Å². The van der Waals surface area contributed by atoms with Crippen molar-refractivity contribution in [3.63, 3.8) is 0 Å². The predicted molar refractivity (Wildman–Crippen MR) is 93.6 cm³/mol. The van der Waals surface area contributed by atoms with Crippen LogP contribution in [0.1, 0.15) is 31.2 Å². The number of carbonyl (C=O) groups excluding carboxylic acids is 1. The van der Waals surface area contributed by atoms with Crippen LogP contribution < -0.4 is 5.32 Å². The van der Waals surface area contributed by atoms with Gasteiger partial charge in [-0.15, -0.1) is 0 Å². The van der Waals surface area contributed by atoms with Crippen molar-refractivity contribution in [1.29, 1.82) is 0 Å². The Morgan fingerprint density at radius 1 is 1.35 bits per heavy atom. The smallest absolute Gasteiger partial charge is 0.317 e. The van der Waals surface area contributed by atoms with Crippen LogP contribution in [0.4, 0.5) is 4.79 Å². The summed E-state index contributed by atoms with van der Waals surface area (Å²) in [5.74, 6) is 0. The Balaban J connectivity index is 1.44. The summed E-state index contributed by atoms with van der Waals surface area (Å²) in [5.41, 5.74) is 1.76. The number of hydrogen-bond donors (Lipinski definition) is 1. The average Bonchev–Trinajstić information content (AvgIpc) is 2.47. The van der Waals surface area contributed by atoms with E-state index in [1.165, 1.54) is 18.4 Å². The minimum absolute atomic E-state index is 0.0308. The predicted octanol–water partition coefficient (Wildman–Crippen LogP) is 3.36. The number of likely N-dealkylation sites (tertiary alicyclic amines) is 1. The molecule has 5 heteroatoms. The Labute approximate surface area is 143 Å². The fraction of sp³-hybridized carbons (Fsp3) is 0.611. The highest BCUT2D eigenvalue weighted by molar-refractivity contribution is 6.30. The molecule has 1 saturated heterocycles. The number of nitrogens with zero attached hydrogens (tertiary/aromatic N) is 2. The van der Waals surface area contributed by atoms with Gasteiger partial charge in [0.15, 0.2) is 0 Å². The van der Waals surface area contributed by atoms with Crippen LogP contribution in [-0.4, -0.2) is 49.1 Å². The molecule has 0 aromatic heterocycles. The van der Waals surface area contributed by atoms with Gasteiger partial charge < -0.3 is 10.2 Å². The summed E-state index contributed by atoms with van der Waals surface area (Å²) in [4.78, 5) is 15.8. The summed E-state index contributed by atoms with van der Waals surface area (Å²) >= 11 is 6.06. The van der Waals surface area contributed by atoms with E-state index in [-0.39, 0.29) is 6.03 Å². The van der Waals surface area contributed by atoms with E-state index in [1.54, 1.807) is 19.0 Å². The lowest BCUT2D eigenvalue weighted by Gasteiger charge is -2.52. The third kappa shape index (κ3) is 3.99. The van der Waals surface area contributed by atoms with Crippen LogP contribution in [0.15, 0.2) is 24.3 Å². The van der Waals surface area contributed by atoms with Gasteiger partial charge in [0, 0.05) is 31.7 Å². The molecule has 0 radical (unpaired) electrons. The Morgan fingerprint density at radius 2 is 2.04 bits per heavy atom. The Hall–Kier alpha value is -1.26. The number of urea groups is 1. The van der Waals surface area contributed by atoms with Crippen LogP contribution in [0.5, 0.6) is 0 Å². The van der Waals surface area contributed by atoms with Crippen LogP contribution in [0.3, 0.4) is 0 Å². The van der Waals surface area contributed by atoms with Crippen molar-refractivity contribution in [3.05, 3.63) is 34.9 Å². The van der Waals surface area contributed by atoms with Crippen LogP contribution in [0.2, 0.25) is 5.02 Å². The highest BCUT2D eigenvalue weighted by atomic mass is 35.5. The quantitative estimate of drug-likeness (QED) is 0.919. The molecule has 1 N–H and O–H groups in total. The lowest BCUT2D eigenvalue weighted by Crippen LogP contribution is -2.56. The number of hydrogen-bond acceptors (Lipinski definition) is 2. The molecule has 2 amide bonds. The zero-order valence-electron chi connectivity index (χ0n) is 14.0. The van der Waals surface area contributed by atoms with E-state index in [2.05, 4.69) is 22.3 Å². The van der Waals surface area contributed by atoms with Crippen molar-refractivity contribution in [1.82, 2.24) is 15.1 Å². The Bertz CT molecular complexity index is 559. The molecule has 2 fully saturated rings. The third-order valence-electron chi connectivity index (χ3n) is 5.30. The first-order valence-corrected chi connectivity index (χ1v) is 8.78. The minimum Gasteiger partial charge on any atom is -0.335 e. The third-order valence-corrected chi connectivity index (χ3v) is 5.54. The number of benzene rings is 1. The largest absolute Gasteiger partial charge is 0.335 e. The molecule has 2 aliphatic rings. The van der Waals surface area contributed by atoms with Crippen LogP contribution in [0.25, 0.3) is 0 Å². The van der Waals surface area contributed by atoms with E-state index in [1.807, 2.05) is 12.1 Å². The van der Waals surface area contributed by atoms with Gasteiger partial charge in [0.1, 0.15) is 0 Å². The van der Waals surface area contributed by atoms with Gasteiger partial charge in [-0.05, 0) is 61.9 Å². The molecule has 1 spiro atoms. The standard InChI is InChI=1S/C18H26ClN3O/c1-21(2)17(23)20-16-11-18(12-16)6-8-22(9-7-18)13-14-4-3-5-15(19)10-14/h3-5,10,16H,6-9,11-13H2,1-2H3,(H,20,23). The fourth-order valence-electron chi connectivity index (χ4n) is 3.88. The van der Waals surface area contributed by atoms with E-state index in [0.717, 1.165) is 37.5 Å². The van der Waals surface area contributed by atoms with Crippen LogP contribution in [-0.2, 0) is 6.54 Å². The first-order valence-electron chi connectivity index (χ1n) is 8.40. The number of amides is 2. The van der Waals surface area contributed by atoms with E-state index < -0.39 is 0 Å². The molecule has 1 aromatic carbocycles. The summed E-state index contributed by atoms with van der Waals surface area (Å²) in [5, 5.41) is 3.92. The minimum atomic E-state index is 0.0308. The van der Waals surface area contributed by atoms with E-state index in [9.17, 15) is 4.79 Å². The van der Waals surface area contributed by atoms with Crippen molar-refractivity contribution in [2.75, 3.05) is 27.2 Å². The van der Waals surface area contributed by atoms with Crippen molar-refractivity contribution < 1.29 is 4.79 Å². The highest BCUT2D eigenvalue weighted by Gasteiger charge is 2.46. The van der Waals surface area contributed by atoms with Gasteiger partial charge in [-0.1, -0.05) is 23.7 Å². The van der Waals surface area contributed by atoms with Crippen molar-refractivity contribution >= 4 is 17.6 Å². The van der Waals surface area contributed by atoms with Gasteiger partial charge >= 0.3 is 6.03 Å². The molecule has 1 aromatic rings. The van der Waals surface area contributed by atoms with E-state index in [0.29, 0.717) is 11.5 Å². The molecular weight excluding hydrogens is 310 g/mol. The molecule has 1 aliphatic carbocycles. The van der Waals surface area contributed by atoms with E-state index in [4.69, 9.17) is 11.6 Å². The number of carbonyl (C=O) groups is 1. The molecule has 0 bridgehead atoms. The highest BCUT2D eigenvalue weighted by Crippen LogP contribution is 2.49. The molecule has 4 nitrogen and oxygen atoms in total. The normalized spacial score (nSPS) is 21.0. The Kier molecular flexibility index (Phi) is 4.83. The van der Waals surface area contributed by atoms with Crippen molar-refractivity contribution in [2.45, 2.75) is 38.3 Å². The summed E-state index contributed by atoms with van der Waals surface area (Å²) in [6, 6.07) is 8.54. The van der Waals surface area contributed by atoms with Crippen molar-refractivity contribution in [3.8, 4) is 0 Å². The molecule has 23 heavy (non-hydrogen) atoms. The monoisotopic (exact) mass is 335 g/mol. The topological polar surface area (TPSA) is 35.6 Å². The van der Waals surface area contributed by atoms with Crippen LogP contribution in [0, 0.1) is 5.41 Å². The first kappa shape index (κ1) is 16.6. The summed E-state index contributed by atoms with van der Waals surface area (Å²) in [7, 11) is 3.58. The molecule has 1 heterocycles. The van der Waals surface area contributed by atoms with Gasteiger partial charge in [0.2, 0.25) is 0 Å². The molecule has 0 atom stereocenters. The van der Waals surface area contributed by atoms with Gasteiger partial charge in [0.25, 0.3) is 0 Å². The maximum Gasteiger partial charge on any atom is 0.317 e. The SMILES string of the molecule is CN(C)C(=O)NC1CC2(CCN(Cc3cccc(Cl)c3)CC2)C1. The summed E-state index contributed by atoms with van der Waals surface area (Å²) in [6.45, 7) is 3.26. The van der Waals surface area contributed by atoms with Gasteiger partial charge in [-0.3, -0.25) is 4.90 Å². The molecule has 126 valence electrons. The fourth-order valence-corrected chi connectivity index (χ4v) is 4.09. The average molecular weight is 336 g/mol. The second-order valence-corrected chi connectivity index (χ2v) is 7.79. The number of rotatable bonds is 3. The lowest BCUT2D eigenvalue weighted by molar-refractivity contribution is 0.00636. The van der Waals surface area contributed by atoms with E-state index >= 15 is 0 Å². The second-order valence-electron chi connectivity index (χ2n) is 7.36. The van der Waals surface area contributed by atoms with Crippen molar-refractivity contribution in [2.24, 2.45) is 5.41 Å². The number of halogens is 1. The lowest BCUT2D eigenvalue weighted by atomic mass is 9.60. The zero-order valence-corrected chi connectivity index (χ0v) is 14.8. The van der Waals surface area contributed by atoms with Gasteiger partial charge in [0.05, 0.1) is 0 Å². The molecule has 1 saturated carbocycles. The number of piperidine rings is 1. The Morgan fingerprint density at radius 3 is 2.65 bits per heavy atom. The maximum absolute atomic E-state index is 11.7. The van der Waals surface area contributed by atoms with Gasteiger partial charge in [-0.25, -0.2) is 4.79 Å².